The quantitative estimate of drug-likeness (QED) is 0.441. The van der Waals surface area contributed by atoms with Crippen LogP contribution >= 0.6 is 0 Å². The van der Waals surface area contributed by atoms with Crippen molar-refractivity contribution in [2.45, 2.75) is 19.0 Å². The lowest BCUT2D eigenvalue weighted by molar-refractivity contribution is -0.135. The van der Waals surface area contributed by atoms with E-state index >= 15 is 0 Å². The summed E-state index contributed by atoms with van der Waals surface area (Å²) in [5.41, 5.74) is 2.27. The monoisotopic (exact) mass is 396 g/mol. The number of carbonyl (C=O) groups excluding carboxylic acids is 2. The molecule has 29 heavy (non-hydrogen) atoms. The van der Waals surface area contributed by atoms with Crippen LogP contribution in [0.1, 0.15) is 18.5 Å². The van der Waals surface area contributed by atoms with E-state index in [4.69, 9.17) is 9.47 Å². The van der Waals surface area contributed by atoms with Gasteiger partial charge in [0.05, 0.1) is 27.4 Å². The number of benzene rings is 2. The van der Waals surface area contributed by atoms with E-state index in [0.717, 1.165) is 17.0 Å². The number of methoxy groups -OCH3 is 3. The summed E-state index contributed by atoms with van der Waals surface area (Å²) in [4.78, 5) is 26.2. The zero-order valence-electron chi connectivity index (χ0n) is 16.8. The smallest absolute Gasteiger partial charge is 0.332 e. The van der Waals surface area contributed by atoms with E-state index in [1.807, 2.05) is 48.5 Å². The molecule has 1 aliphatic heterocycles. The van der Waals surface area contributed by atoms with Crippen LogP contribution < -0.4 is 19.7 Å². The number of nitrogens with zero attached hydrogens (tertiary/aromatic N) is 1. The summed E-state index contributed by atoms with van der Waals surface area (Å²) in [5.74, 6) is 0.888. The van der Waals surface area contributed by atoms with Crippen LogP contribution in [-0.2, 0) is 14.3 Å². The maximum absolute atomic E-state index is 13.0. The summed E-state index contributed by atoms with van der Waals surface area (Å²) in [6.07, 6.45) is 1.33. The third-order valence-electron chi connectivity index (χ3n) is 4.82. The van der Waals surface area contributed by atoms with Crippen molar-refractivity contribution in [3.05, 3.63) is 65.9 Å². The van der Waals surface area contributed by atoms with Gasteiger partial charge in [0.15, 0.2) is 0 Å². The lowest BCUT2D eigenvalue weighted by atomic mass is 9.87. The van der Waals surface area contributed by atoms with Gasteiger partial charge < -0.3 is 24.4 Å². The molecule has 0 saturated carbocycles. The molecule has 1 amide bonds. The zero-order valence-corrected chi connectivity index (χ0v) is 16.8. The number of carbonyl (C=O) groups is 2. The van der Waals surface area contributed by atoms with Gasteiger partial charge in [-0.1, -0.05) is 12.1 Å². The molecule has 1 fully saturated rings. The molecule has 0 aromatic heterocycles. The van der Waals surface area contributed by atoms with Crippen molar-refractivity contribution in [2.75, 3.05) is 26.2 Å². The highest BCUT2D eigenvalue weighted by molar-refractivity contribution is 6.06. The van der Waals surface area contributed by atoms with E-state index in [1.54, 1.807) is 26.0 Å². The van der Waals surface area contributed by atoms with Gasteiger partial charge in [-0.2, -0.15) is 0 Å². The van der Waals surface area contributed by atoms with Crippen LogP contribution in [0.4, 0.5) is 5.69 Å². The minimum atomic E-state index is -0.508. The summed E-state index contributed by atoms with van der Waals surface area (Å²) in [6, 6.07) is 14.2. The molecule has 1 heterocycles. The Morgan fingerprint density at radius 3 is 2.03 bits per heavy atom. The fraction of sp³-hybridized carbons (Fsp3) is 0.273. The van der Waals surface area contributed by atoms with Crippen molar-refractivity contribution in [1.29, 1.82) is 0 Å². The van der Waals surface area contributed by atoms with Gasteiger partial charge in [0.25, 0.3) is 5.91 Å². The second-order valence-corrected chi connectivity index (χ2v) is 6.60. The highest BCUT2D eigenvalue weighted by Crippen LogP contribution is 2.40. The lowest BCUT2D eigenvalue weighted by Gasteiger charge is -2.48. The first kappa shape index (κ1) is 20.3. The van der Waals surface area contributed by atoms with Crippen molar-refractivity contribution in [3.63, 3.8) is 0 Å². The van der Waals surface area contributed by atoms with Gasteiger partial charge in [-0.3, -0.25) is 4.79 Å². The Bertz CT molecular complexity index is 906. The lowest BCUT2D eigenvalue weighted by Crippen LogP contribution is -2.64. The molecule has 0 aliphatic carbocycles. The van der Waals surface area contributed by atoms with Gasteiger partial charge in [-0.25, -0.2) is 4.79 Å². The third-order valence-corrected chi connectivity index (χ3v) is 4.82. The van der Waals surface area contributed by atoms with Crippen molar-refractivity contribution in [1.82, 2.24) is 5.32 Å². The molecule has 1 aliphatic rings. The molecule has 2 atom stereocenters. The maximum atomic E-state index is 13.0. The number of hydrogen-bond donors (Lipinski definition) is 1. The largest absolute Gasteiger partial charge is 0.497 e. The van der Waals surface area contributed by atoms with Gasteiger partial charge in [0.2, 0.25) is 0 Å². The molecule has 3 rings (SSSR count). The standard InChI is InChI=1S/C22H24N2O5/c1-14(13-19(25)29-4)23-20-21(15-5-9-17(27-2)10-6-15)24(22(20)26)16-7-11-18(28-3)12-8-16/h5-13,20-21,23H,1-4H3. The van der Waals surface area contributed by atoms with Crippen LogP contribution in [0.5, 0.6) is 11.5 Å². The summed E-state index contributed by atoms with van der Waals surface area (Å²) < 4.78 is 15.1. The number of nitrogens with one attached hydrogen (secondary N) is 1. The number of anilines is 1. The molecule has 0 bridgehead atoms. The minimum absolute atomic E-state index is 0.0893. The number of esters is 1. The topological polar surface area (TPSA) is 77.1 Å². The Morgan fingerprint density at radius 2 is 1.52 bits per heavy atom. The molecule has 0 spiro atoms. The molecule has 7 heteroatoms. The number of rotatable bonds is 7. The van der Waals surface area contributed by atoms with Crippen LogP contribution in [0.15, 0.2) is 60.3 Å². The average molecular weight is 396 g/mol. The fourth-order valence-electron chi connectivity index (χ4n) is 3.33. The number of amides is 1. The van der Waals surface area contributed by atoms with Crippen molar-refractivity contribution in [3.8, 4) is 11.5 Å². The van der Waals surface area contributed by atoms with Gasteiger partial charge in [-0.15, -0.1) is 0 Å². The van der Waals surface area contributed by atoms with E-state index in [-0.39, 0.29) is 11.9 Å². The van der Waals surface area contributed by atoms with E-state index < -0.39 is 12.0 Å². The molecule has 2 unspecified atom stereocenters. The summed E-state index contributed by atoms with van der Waals surface area (Å²) in [5, 5.41) is 3.14. The van der Waals surface area contributed by atoms with E-state index in [1.165, 1.54) is 13.2 Å². The van der Waals surface area contributed by atoms with Crippen LogP contribution in [0, 0.1) is 0 Å². The van der Waals surface area contributed by atoms with E-state index in [2.05, 4.69) is 10.1 Å². The average Bonchev–Trinajstić information content (AvgIpc) is 2.75. The predicted octanol–water partition coefficient (Wildman–Crippen LogP) is 2.83. The van der Waals surface area contributed by atoms with Gasteiger partial charge in [-0.05, 0) is 48.9 Å². The van der Waals surface area contributed by atoms with Gasteiger partial charge in [0, 0.05) is 17.5 Å². The highest BCUT2D eigenvalue weighted by Gasteiger charge is 2.49. The number of ether oxygens (including phenoxy) is 3. The molecular weight excluding hydrogens is 372 g/mol. The molecule has 7 nitrogen and oxygen atoms in total. The minimum Gasteiger partial charge on any atom is -0.497 e. The number of hydrogen-bond acceptors (Lipinski definition) is 6. The summed E-state index contributed by atoms with van der Waals surface area (Å²) in [6.45, 7) is 1.73. The van der Waals surface area contributed by atoms with Gasteiger partial charge in [0.1, 0.15) is 17.5 Å². The molecule has 0 radical (unpaired) electrons. The number of allylic oxidation sites excluding steroid dienone is 1. The summed E-state index contributed by atoms with van der Waals surface area (Å²) >= 11 is 0. The Labute approximate surface area is 169 Å². The first-order chi connectivity index (χ1) is 14.0. The van der Waals surface area contributed by atoms with Crippen molar-refractivity contribution in [2.24, 2.45) is 0 Å². The molecule has 1 saturated heterocycles. The maximum Gasteiger partial charge on any atom is 0.332 e. The first-order valence-electron chi connectivity index (χ1n) is 9.12. The molecular formula is C22H24N2O5. The SMILES string of the molecule is COC(=O)C=C(C)NC1C(=O)N(c2ccc(OC)cc2)C1c1ccc(OC)cc1. The fourth-order valence-corrected chi connectivity index (χ4v) is 3.33. The van der Waals surface area contributed by atoms with Crippen LogP contribution in [0.2, 0.25) is 0 Å². The van der Waals surface area contributed by atoms with E-state index in [0.29, 0.717) is 11.4 Å². The zero-order chi connectivity index (χ0) is 21.0. The second kappa shape index (κ2) is 8.68. The van der Waals surface area contributed by atoms with Crippen LogP contribution in [0.3, 0.4) is 0 Å². The van der Waals surface area contributed by atoms with Gasteiger partial charge >= 0.3 is 5.97 Å². The Hall–Kier alpha value is -3.48. The Kier molecular flexibility index (Phi) is 6.07. The predicted molar refractivity (Wildman–Crippen MR) is 109 cm³/mol. The van der Waals surface area contributed by atoms with Crippen molar-refractivity contribution < 1.29 is 23.8 Å². The van der Waals surface area contributed by atoms with Crippen LogP contribution in [-0.4, -0.2) is 39.2 Å². The summed E-state index contributed by atoms with van der Waals surface area (Å²) in [7, 11) is 4.52. The molecule has 1 N–H and O–H groups in total. The van der Waals surface area contributed by atoms with Crippen LogP contribution in [0.25, 0.3) is 0 Å². The highest BCUT2D eigenvalue weighted by atomic mass is 16.5. The van der Waals surface area contributed by atoms with Crippen molar-refractivity contribution >= 4 is 17.6 Å². The Morgan fingerprint density at radius 1 is 0.966 bits per heavy atom. The second-order valence-electron chi connectivity index (χ2n) is 6.60. The third kappa shape index (κ3) is 4.18. The van der Waals surface area contributed by atoms with E-state index in [9.17, 15) is 9.59 Å². The normalized spacial score (nSPS) is 18.7. The molecule has 2 aromatic rings. The number of β-lactam (4-membered cyclic amide) rings is 1. The Balaban J connectivity index is 1.91. The first-order valence-corrected chi connectivity index (χ1v) is 9.12. The molecule has 152 valence electrons. The molecule has 2 aromatic carbocycles.